The largest absolute Gasteiger partial charge is 0.389 e. The summed E-state index contributed by atoms with van der Waals surface area (Å²) in [6.45, 7) is 14.2. The topological polar surface area (TPSA) is 20.2 Å². The summed E-state index contributed by atoms with van der Waals surface area (Å²) in [5.41, 5.74) is 2.37. The summed E-state index contributed by atoms with van der Waals surface area (Å²) in [5, 5.41) is 10.4. The van der Waals surface area contributed by atoms with Gasteiger partial charge in [0.25, 0.3) is 0 Å². The van der Waals surface area contributed by atoms with Crippen LogP contribution in [-0.2, 0) is 0 Å². The molecular formula is C20H34O. The van der Waals surface area contributed by atoms with Gasteiger partial charge in [0, 0.05) is 0 Å². The average molecular weight is 290 g/mol. The van der Waals surface area contributed by atoms with Crippen LogP contribution in [0.5, 0.6) is 0 Å². The fourth-order valence-electron chi connectivity index (χ4n) is 6.75. The van der Waals surface area contributed by atoms with Gasteiger partial charge in [-0.25, -0.2) is 0 Å². The van der Waals surface area contributed by atoms with E-state index in [2.05, 4.69) is 34.3 Å². The highest BCUT2D eigenvalue weighted by Crippen LogP contribution is 2.66. The smallest absolute Gasteiger partial charge is 0.0752 e. The van der Waals surface area contributed by atoms with Gasteiger partial charge in [-0.2, -0.15) is 0 Å². The molecule has 3 fully saturated rings. The molecule has 5 atom stereocenters. The third kappa shape index (κ3) is 2.31. The standard InChI is InChI=1S/C20H34O/c1-14-7-8-17-19(4,13-15(14)21)12-9-16-18(2,3)10-6-11-20(16,17)5/h15-17,21H,1,6-13H2,2-5H3/t15-,16-,17-,19-,20-/m0/s1. The molecule has 1 nitrogen and oxygen atoms in total. The van der Waals surface area contributed by atoms with E-state index in [9.17, 15) is 5.11 Å². The quantitative estimate of drug-likeness (QED) is 0.597. The van der Waals surface area contributed by atoms with E-state index in [1.165, 1.54) is 38.5 Å². The maximum atomic E-state index is 10.4. The SMILES string of the molecule is C=C1CC[C@H]2[C@@](C)(CC[C@H]3C(C)(C)CCC[C@@]32C)C[C@@H]1O. The minimum atomic E-state index is -0.267. The van der Waals surface area contributed by atoms with E-state index in [0.29, 0.717) is 16.2 Å². The predicted molar refractivity (Wildman–Crippen MR) is 89.1 cm³/mol. The lowest BCUT2D eigenvalue weighted by Crippen LogP contribution is -2.54. The van der Waals surface area contributed by atoms with Gasteiger partial charge < -0.3 is 5.11 Å². The Morgan fingerprint density at radius 3 is 2.43 bits per heavy atom. The Bertz CT molecular complexity index is 437. The molecule has 120 valence electrons. The van der Waals surface area contributed by atoms with Crippen LogP contribution in [0.15, 0.2) is 12.2 Å². The number of hydrogen-bond donors (Lipinski definition) is 1. The highest BCUT2D eigenvalue weighted by atomic mass is 16.3. The maximum absolute atomic E-state index is 10.4. The summed E-state index contributed by atoms with van der Waals surface area (Å²) in [6, 6.07) is 0. The summed E-state index contributed by atoms with van der Waals surface area (Å²) in [6.07, 6.45) is 9.78. The van der Waals surface area contributed by atoms with E-state index < -0.39 is 0 Å². The molecule has 3 rings (SSSR count). The molecule has 0 aromatic carbocycles. The van der Waals surface area contributed by atoms with Crippen LogP contribution >= 0.6 is 0 Å². The zero-order valence-corrected chi connectivity index (χ0v) is 14.5. The van der Waals surface area contributed by atoms with Crippen molar-refractivity contribution < 1.29 is 5.11 Å². The van der Waals surface area contributed by atoms with Crippen molar-refractivity contribution in [2.75, 3.05) is 0 Å². The first-order valence-electron chi connectivity index (χ1n) is 9.05. The van der Waals surface area contributed by atoms with Crippen LogP contribution in [-0.4, -0.2) is 11.2 Å². The first kappa shape index (κ1) is 15.6. The minimum absolute atomic E-state index is 0.267. The zero-order valence-electron chi connectivity index (χ0n) is 14.5. The van der Waals surface area contributed by atoms with Gasteiger partial charge in [0.1, 0.15) is 0 Å². The normalized spacial score (nSPS) is 50.0. The lowest BCUT2D eigenvalue weighted by atomic mass is 9.42. The molecule has 0 amide bonds. The molecule has 0 aliphatic heterocycles. The highest BCUT2D eigenvalue weighted by molar-refractivity contribution is 5.14. The van der Waals surface area contributed by atoms with E-state index in [1.807, 2.05) is 0 Å². The molecule has 0 radical (unpaired) electrons. The lowest BCUT2D eigenvalue weighted by molar-refractivity contribution is -0.135. The van der Waals surface area contributed by atoms with Crippen LogP contribution in [0.3, 0.4) is 0 Å². The molecule has 1 N–H and O–H groups in total. The summed E-state index contributed by atoms with van der Waals surface area (Å²) in [7, 11) is 0. The van der Waals surface area contributed by atoms with Crippen molar-refractivity contribution in [3.63, 3.8) is 0 Å². The molecule has 0 heterocycles. The van der Waals surface area contributed by atoms with Gasteiger partial charge in [-0.05, 0) is 78.6 Å². The number of fused-ring (bicyclic) bond motifs is 3. The van der Waals surface area contributed by atoms with Gasteiger partial charge in [0.05, 0.1) is 6.10 Å². The van der Waals surface area contributed by atoms with Crippen molar-refractivity contribution in [2.24, 2.45) is 28.1 Å². The van der Waals surface area contributed by atoms with Gasteiger partial charge in [0.15, 0.2) is 0 Å². The van der Waals surface area contributed by atoms with E-state index in [0.717, 1.165) is 30.3 Å². The van der Waals surface area contributed by atoms with Crippen molar-refractivity contribution in [2.45, 2.75) is 85.2 Å². The van der Waals surface area contributed by atoms with Crippen molar-refractivity contribution >= 4 is 0 Å². The Morgan fingerprint density at radius 1 is 1.00 bits per heavy atom. The minimum Gasteiger partial charge on any atom is -0.389 e. The summed E-state index contributed by atoms with van der Waals surface area (Å²) in [5.74, 6) is 1.62. The molecular weight excluding hydrogens is 256 g/mol. The molecule has 3 saturated carbocycles. The van der Waals surface area contributed by atoms with Gasteiger partial charge in [-0.1, -0.05) is 40.7 Å². The first-order chi connectivity index (χ1) is 9.69. The Hall–Kier alpha value is -0.300. The monoisotopic (exact) mass is 290 g/mol. The molecule has 0 spiro atoms. The molecule has 0 unspecified atom stereocenters. The van der Waals surface area contributed by atoms with Gasteiger partial charge in [-0.15, -0.1) is 0 Å². The number of aliphatic hydroxyl groups is 1. The fraction of sp³-hybridized carbons (Fsp3) is 0.900. The van der Waals surface area contributed by atoms with Crippen LogP contribution in [0.2, 0.25) is 0 Å². The lowest BCUT2D eigenvalue weighted by Gasteiger charge is -2.62. The highest BCUT2D eigenvalue weighted by Gasteiger charge is 2.58. The molecule has 0 aromatic heterocycles. The van der Waals surface area contributed by atoms with E-state index >= 15 is 0 Å². The molecule has 21 heavy (non-hydrogen) atoms. The predicted octanol–water partition coefficient (Wildman–Crippen LogP) is 5.34. The van der Waals surface area contributed by atoms with E-state index in [1.54, 1.807) is 0 Å². The van der Waals surface area contributed by atoms with E-state index in [-0.39, 0.29) is 6.10 Å². The summed E-state index contributed by atoms with van der Waals surface area (Å²) < 4.78 is 0. The zero-order chi connectivity index (χ0) is 15.5. The van der Waals surface area contributed by atoms with Gasteiger partial charge >= 0.3 is 0 Å². The van der Waals surface area contributed by atoms with Crippen molar-refractivity contribution in [1.29, 1.82) is 0 Å². The van der Waals surface area contributed by atoms with Gasteiger partial charge in [0.2, 0.25) is 0 Å². The van der Waals surface area contributed by atoms with Crippen molar-refractivity contribution in [1.82, 2.24) is 0 Å². The molecule has 0 saturated heterocycles. The average Bonchev–Trinajstić information content (AvgIpc) is 2.46. The number of aliphatic hydroxyl groups excluding tert-OH is 1. The van der Waals surface area contributed by atoms with Crippen LogP contribution in [0.1, 0.15) is 79.1 Å². The first-order valence-corrected chi connectivity index (χ1v) is 9.05. The Labute approximate surface area is 131 Å². The Balaban J connectivity index is 1.98. The third-order valence-electron chi connectivity index (χ3n) is 7.80. The molecule has 1 heteroatoms. The molecule has 0 aromatic rings. The van der Waals surface area contributed by atoms with Gasteiger partial charge in [-0.3, -0.25) is 0 Å². The molecule has 3 aliphatic rings. The van der Waals surface area contributed by atoms with Crippen LogP contribution in [0, 0.1) is 28.1 Å². The maximum Gasteiger partial charge on any atom is 0.0752 e. The fourth-order valence-corrected chi connectivity index (χ4v) is 6.75. The van der Waals surface area contributed by atoms with Crippen LogP contribution in [0.4, 0.5) is 0 Å². The Kier molecular flexibility index (Phi) is 3.60. The molecule has 0 bridgehead atoms. The second-order valence-electron chi connectivity index (χ2n) is 9.56. The van der Waals surface area contributed by atoms with Crippen molar-refractivity contribution in [3.05, 3.63) is 12.2 Å². The summed E-state index contributed by atoms with van der Waals surface area (Å²) in [4.78, 5) is 0. The third-order valence-corrected chi connectivity index (χ3v) is 7.80. The number of hydrogen-bond acceptors (Lipinski definition) is 1. The second-order valence-corrected chi connectivity index (χ2v) is 9.56. The summed E-state index contributed by atoms with van der Waals surface area (Å²) >= 11 is 0. The van der Waals surface area contributed by atoms with Crippen molar-refractivity contribution in [3.8, 4) is 0 Å². The number of rotatable bonds is 0. The van der Waals surface area contributed by atoms with Crippen LogP contribution < -0.4 is 0 Å². The van der Waals surface area contributed by atoms with Crippen LogP contribution in [0.25, 0.3) is 0 Å². The Morgan fingerprint density at radius 2 is 1.71 bits per heavy atom. The van der Waals surface area contributed by atoms with E-state index in [4.69, 9.17) is 0 Å². The second kappa shape index (κ2) is 4.85. The molecule has 3 aliphatic carbocycles.